The van der Waals surface area contributed by atoms with Crippen molar-refractivity contribution in [3.05, 3.63) is 23.6 Å². The molecule has 5 nitrogen and oxygen atoms in total. The van der Waals surface area contributed by atoms with Crippen molar-refractivity contribution in [2.24, 2.45) is 5.73 Å². The van der Waals surface area contributed by atoms with Crippen LogP contribution in [0.5, 0.6) is 0 Å². The van der Waals surface area contributed by atoms with Crippen LogP contribution in [0.3, 0.4) is 0 Å². The van der Waals surface area contributed by atoms with E-state index in [2.05, 4.69) is 9.72 Å². The molecule has 0 radical (unpaired) electrons. The maximum absolute atomic E-state index is 11.1. The van der Waals surface area contributed by atoms with Crippen LogP contribution < -0.4 is 5.73 Å². The molecule has 2 aromatic heterocycles. The number of nitrogens with two attached hydrogens (primary N) is 1. The van der Waals surface area contributed by atoms with Gasteiger partial charge in [0.2, 0.25) is 0 Å². The van der Waals surface area contributed by atoms with Crippen LogP contribution in [0, 0.1) is 0 Å². The molecule has 0 bridgehead atoms. The molecule has 0 aromatic carbocycles. The highest BCUT2D eigenvalue weighted by molar-refractivity contribution is 5.93. The molecular formula is C9H10N2O3. The summed E-state index contributed by atoms with van der Waals surface area (Å²) in [6, 6.07) is 3.36. The van der Waals surface area contributed by atoms with Crippen LogP contribution in [0.2, 0.25) is 0 Å². The fourth-order valence-corrected chi connectivity index (χ4v) is 1.30. The number of aromatic amines is 1. The lowest BCUT2D eigenvalue weighted by Crippen LogP contribution is -2.00. The second-order valence-corrected chi connectivity index (χ2v) is 2.87. The van der Waals surface area contributed by atoms with Crippen LogP contribution in [0.15, 0.2) is 16.5 Å². The van der Waals surface area contributed by atoms with E-state index in [0.29, 0.717) is 23.6 Å². The number of aromatic nitrogens is 1. The third kappa shape index (κ3) is 1.27. The minimum atomic E-state index is -0.411. The van der Waals surface area contributed by atoms with Gasteiger partial charge in [-0.15, -0.1) is 0 Å². The number of H-pyrrole nitrogens is 1. The molecule has 2 aromatic rings. The fourth-order valence-electron chi connectivity index (χ4n) is 1.30. The van der Waals surface area contributed by atoms with E-state index in [9.17, 15) is 4.79 Å². The first-order valence-electron chi connectivity index (χ1n) is 4.14. The number of esters is 1. The van der Waals surface area contributed by atoms with Gasteiger partial charge in [-0.1, -0.05) is 0 Å². The summed E-state index contributed by atoms with van der Waals surface area (Å²) in [5.41, 5.74) is 7.15. The van der Waals surface area contributed by atoms with E-state index in [4.69, 9.17) is 10.2 Å². The average molecular weight is 194 g/mol. The molecule has 0 atom stereocenters. The van der Waals surface area contributed by atoms with Gasteiger partial charge in [-0.3, -0.25) is 0 Å². The van der Waals surface area contributed by atoms with Crippen molar-refractivity contribution in [3.8, 4) is 0 Å². The highest BCUT2D eigenvalue weighted by Gasteiger charge is 2.12. The van der Waals surface area contributed by atoms with Gasteiger partial charge in [-0.25, -0.2) is 4.79 Å². The van der Waals surface area contributed by atoms with Gasteiger partial charge in [0.25, 0.3) is 0 Å². The predicted molar refractivity (Wildman–Crippen MR) is 49.8 cm³/mol. The Morgan fingerprint density at radius 1 is 1.64 bits per heavy atom. The van der Waals surface area contributed by atoms with Gasteiger partial charge in [-0.2, -0.15) is 0 Å². The summed E-state index contributed by atoms with van der Waals surface area (Å²) in [5.74, 6) is 0.272. The van der Waals surface area contributed by atoms with Gasteiger partial charge in [-0.05, 0) is 0 Å². The molecule has 0 saturated carbocycles. The van der Waals surface area contributed by atoms with Crippen LogP contribution in [-0.4, -0.2) is 18.1 Å². The third-order valence-corrected chi connectivity index (χ3v) is 1.96. The minimum Gasteiger partial charge on any atom is -0.464 e. The largest absolute Gasteiger partial charge is 0.464 e. The number of rotatable bonds is 2. The Labute approximate surface area is 79.8 Å². The second kappa shape index (κ2) is 3.19. The number of hydrogen-bond acceptors (Lipinski definition) is 4. The number of fused-ring (bicyclic) bond motifs is 1. The molecule has 5 heteroatoms. The van der Waals surface area contributed by atoms with Crippen molar-refractivity contribution in [2.75, 3.05) is 7.11 Å². The third-order valence-electron chi connectivity index (χ3n) is 1.96. The van der Waals surface area contributed by atoms with Gasteiger partial charge in [0.05, 0.1) is 19.2 Å². The first-order chi connectivity index (χ1) is 6.74. The summed E-state index contributed by atoms with van der Waals surface area (Å²) in [7, 11) is 1.33. The Morgan fingerprint density at radius 3 is 3.00 bits per heavy atom. The van der Waals surface area contributed by atoms with Crippen molar-refractivity contribution in [1.82, 2.24) is 4.98 Å². The van der Waals surface area contributed by atoms with Gasteiger partial charge in [0.1, 0.15) is 11.5 Å². The SMILES string of the molecule is COC(=O)c1cc2oc(CN)cc2[nH]1. The van der Waals surface area contributed by atoms with E-state index in [1.165, 1.54) is 7.11 Å². The standard InChI is InChI=1S/C9H10N2O3/c1-13-9(12)7-3-8-6(11-7)2-5(4-10)14-8/h2-3,11H,4,10H2,1H3. The number of methoxy groups -OCH3 is 1. The molecule has 0 aliphatic heterocycles. The summed E-state index contributed by atoms with van der Waals surface area (Å²) < 4.78 is 9.88. The zero-order valence-electron chi connectivity index (χ0n) is 7.66. The van der Waals surface area contributed by atoms with Crippen LogP contribution >= 0.6 is 0 Å². The molecule has 2 heterocycles. The molecule has 14 heavy (non-hydrogen) atoms. The molecule has 0 unspecified atom stereocenters. The van der Waals surface area contributed by atoms with E-state index in [-0.39, 0.29) is 0 Å². The molecular weight excluding hydrogens is 184 g/mol. The normalized spacial score (nSPS) is 10.7. The summed E-state index contributed by atoms with van der Waals surface area (Å²) >= 11 is 0. The first-order valence-corrected chi connectivity index (χ1v) is 4.14. The Morgan fingerprint density at radius 2 is 2.43 bits per heavy atom. The molecule has 0 amide bonds. The lowest BCUT2D eigenvalue weighted by atomic mass is 10.4. The Kier molecular flexibility index (Phi) is 2.01. The lowest BCUT2D eigenvalue weighted by molar-refractivity contribution is 0.0595. The topological polar surface area (TPSA) is 81.2 Å². The highest BCUT2D eigenvalue weighted by Crippen LogP contribution is 2.20. The summed E-state index contributed by atoms with van der Waals surface area (Å²) in [5, 5.41) is 0. The van der Waals surface area contributed by atoms with Gasteiger partial charge < -0.3 is 19.9 Å². The number of hydrogen-bond donors (Lipinski definition) is 2. The van der Waals surface area contributed by atoms with Crippen molar-refractivity contribution >= 4 is 17.1 Å². The quantitative estimate of drug-likeness (QED) is 0.699. The van der Waals surface area contributed by atoms with E-state index >= 15 is 0 Å². The molecule has 3 N–H and O–H groups in total. The van der Waals surface area contributed by atoms with Gasteiger partial charge in [0.15, 0.2) is 5.58 Å². The Balaban J connectivity index is 2.44. The average Bonchev–Trinajstić information content (AvgIpc) is 2.72. The second-order valence-electron chi connectivity index (χ2n) is 2.87. The van der Waals surface area contributed by atoms with Crippen LogP contribution in [0.25, 0.3) is 11.1 Å². The number of ether oxygens (including phenoxy) is 1. The zero-order valence-corrected chi connectivity index (χ0v) is 7.66. The van der Waals surface area contributed by atoms with Crippen molar-refractivity contribution in [1.29, 1.82) is 0 Å². The summed E-state index contributed by atoms with van der Waals surface area (Å²) in [6.07, 6.45) is 0. The van der Waals surface area contributed by atoms with Gasteiger partial charge in [0, 0.05) is 12.1 Å². The predicted octanol–water partition coefficient (Wildman–Crippen LogP) is 1.01. The first kappa shape index (κ1) is 8.83. The molecule has 74 valence electrons. The van der Waals surface area contributed by atoms with Crippen LogP contribution in [-0.2, 0) is 11.3 Å². The maximum atomic E-state index is 11.1. The van der Waals surface area contributed by atoms with E-state index < -0.39 is 5.97 Å². The number of carbonyl (C=O) groups excluding carboxylic acids is 1. The summed E-state index contributed by atoms with van der Waals surface area (Å²) in [4.78, 5) is 14.0. The van der Waals surface area contributed by atoms with E-state index in [1.54, 1.807) is 12.1 Å². The smallest absolute Gasteiger partial charge is 0.354 e. The molecule has 2 rings (SSSR count). The zero-order chi connectivity index (χ0) is 10.1. The van der Waals surface area contributed by atoms with Crippen LogP contribution in [0.1, 0.15) is 16.2 Å². The molecule has 0 saturated heterocycles. The minimum absolute atomic E-state index is 0.343. The van der Waals surface area contributed by atoms with Crippen molar-refractivity contribution in [2.45, 2.75) is 6.54 Å². The molecule has 0 aliphatic rings. The molecule has 0 fully saturated rings. The molecule has 0 aliphatic carbocycles. The molecule has 0 spiro atoms. The number of furan rings is 1. The lowest BCUT2D eigenvalue weighted by Gasteiger charge is -1.92. The van der Waals surface area contributed by atoms with Crippen molar-refractivity contribution < 1.29 is 13.9 Å². The van der Waals surface area contributed by atoms with E-state index in [1.807, 2.05) is 0 Å². The van der Waals surface area contributed by atoms with Gasteiger partial charge >= 0.3 is 5.97 Å². The maximum Gasteiger partial charge on any atom is 0.354 e. The highest BCUT2D eigenvalue weighted by atomic mass is 16.5. The number of nitrogens with one attached hydrogen (secondary N) is 1. The monoisotopic (exact) mass is 194 g/mol. The Bertz CT molecular complexity index is 438. The summed E-state index contributed by atoms with van der Waals surface area (Å²) in [6.45, 7) is 0.343. The van der Waals surface area contributed by atoms with E-state index in [0.717, 1.165) is 5.52 Å². The number of carbonyl (C=O) groups is 1. The Hall–Kier alpha value is -1.75. The van der Waals surface area contributed by atoms with Crippen molar-refractivity contribution in [3.63, 3.8) is 0 Å². The van der Waals surface area contributed by atoms with Crippen LogP contribution in [0.4, 0.5) is 0 Å². The fraction of sp³-hybridized carbons (Fsp3) is 0.222.